The zero-order valence-corrected chi connectivity index (χ0v) is 20.3. The third-order valence-corrected chi connectivity index (χ3v) is 6.42. The average Bonchev–Trinajstić information content (AvgIpc) is 3.28. The summed E-state index contributed by atoms with van der Waals surface area (Å²) in [5, 5.41) is 12.3. The Kier molecular flexibility index (Phi) is 6.77. The van der Waals surface area contributed by atoms with Gasteiger partial charge in [-0.3, -0.25) is 9.59 Å². The monoisotopic (exact) mass is 460 g/mol. The normalized spacial score (nSPS) is 17.6. The molecule has 1 saturated heterocycles. The third-order valence-electron chi connectivity index (χ3n) is 6.42. The molecule has 0 saturated carbocycles. The largest absolute Gasteiger partial charge is 0.507 e. The molecule has 6 heteroatoms. The SMILES string of the molecule is CCCCN1C(=O)C(=O)/C(=C(/O)c2ccc(OCCC)c(C)c2)C1c1c(C)[nH]c2ccccc12. The van der Waals surface area contributed by atoms with Gasteiger partial charge in [-0.25, -0.2) is 0 Å². The van der Waals surface area contributed by atoms with E-state index < -0.39 is 17.7 Å². The zero-order valence-electron chi connectivity index (χ0n) is 20.3. The van der Waals surface area contributed by atoms with Gasteiger partial charge in [0.05, 0.1) is 18.2 Å². The lowest BCUT2D eigenvalue weighted by molar-refractivity contribution is -0.139. The van der Waals surface area contributed by atoms with Crippen LogP contribution in [0.15, 0.2) is 48.0 Å². The Morgan fingerprint density at radius 3 is 2.56 bits per heavy atom. The summed E-state index contributed by atoms with van der Waals surface area (Å²) in [4.78, 5) is 31.4. The summed E-state index contributed by atoms with van der Waals surface area (Å²) in [6, 6.07) is 12.5. The van der Waals surface area contributed by atoms with Crippen LogP contribution in [0.25, 0.3) is 16.7 Å². The molecule has 3 aromatic rings. The van der Waals surface area contributed by atoms with Gasteiger partial charge in [-0.2, -0.15) is 0 Å². The summed E-state index contributed by atoms with van der Waals surface area (Å²) in [7, 11) is 0. The molecule has 2 N–H and O–H groups in total. The molecule has 178 valence electrons. The first-order valence-corrected chi connectivity index (χ1v) is 12.0. The highest BCUT2D eigenvalue weighted by molar-refractivity contribution is 6.46. The van der Waals surface area contributed by atoms with Crippen molar-refractivity contribution >= 4 is 28.4 Å². The van der Waals surface area contributed by atoms with Crippen molar-refractivity contribution in [1.29, 1.82) is 0 Å². The van der Waals surface area contributed by atoms with E-state index in [2.05, 4.69) is 4.98 Å². The molecule has 2 aromatic carbocycles. The van der Waals surface area contributed by atoms with Crippen LogP contribution >= 0.6 is 0 Å². The van der Waals surface area contributed by atoms with E-state index >= 15 is 0 Å². The number of aryl methyl sites for hydroxylation is 2. The maximum absolute atomic E-state index is 13.3. The highest BCUT2D eigenvalue weighted by Gasteiger charge is 2.47. The fourth-order valence-corrected chi connectivity index (χ4v) is 4.72. The number of amides is 1. The first kappa shape index (κ1) is 23.6. The van der Waals surface area contributed by atoms with Gasteiger partial charge < -0.3 is 19.7 Å². The second-order valence-electron chi connectivity index (χ2n) is 8.88. The zero-order chi connectivity index (χ0) is 24.4. The van der Waals surface area contributed by atoms with Gasteiger partial charge in [0, 0.05) is 34.3 Å². The van der Waals surface area contributed by atoms with E-state index in [1.54, 1.807) is 23.1 Å². The van der Waals surface area contributed by atoms with Crippen LogP contribution in [-0.2, 0) is 9.59 Å². The average molecular weight is 461 g/mol. The van der Waals surface area contributed by atoms with Crippen LogP contribution in [0.1, 0.15) is 61.5 Å². The predicted octanol–water partition coefficient (Wildman–Crippen LogP) is 5.80. The summed E-state index contributed by atoms with van der Waals surface area (Å²) < 4.78 is 5.76. The van der Waals surface area contributed by atoms with E-state index in [0.717, 1.165) is 52.7 Å². The second-order valence-corrected chi connectivity index (χ2v) is 8.88. The molecule has 2 heterocycles. The van der Waals surface area contributed by atoms with E-state index in [0.29, 0.717) is 18.7 Å². The number of hydrogen-bond donors (Lipinski definition) is 2. The minimum Gasteiger partial charge on any atom is -0.507 e. The number of ether oxygens (including phenoxy) is 1. The van der Waals surface area contributed by atoms with Gasteiger partial charge in [0.15, 0.2) is 0 Å². The number of likely N-dealkylation sites (tertiary alicyclic amines) is 1. The minimum atomic E-state index is -0.654. The van der Waals surface area contributed by atoms with Crippen molar-refractivity contribution in [3.8, 4) is 5.75 Å². The van der Waals surface area contributed by atoms with Gasteiger partial charge in [-0.15, -0.1) is 0 Å². The molecule has 0 radical (unpaired) electrons. The summed E-state index contributed by atoms with van der Waals surface area (Å²) in [6.07, 6.45) is 2.56. The van der Waals surface area contributed by atoms with Crippen LogP contribution in [0.4, 0.5) is 0 Å². The Labute approximate surface area is 200 Å². The second kappa shape index (κ2) is 9.75. The van der Waals surface area contributed by atoms with Gasteiger partial charge in [0.2, 0.25) is 0 Å². The van der Waals surface area contributed by atoms with Crippen LogP contribution in [0, 0.1) is 13.8 Å². The van der Waals surface area contributed by atoms with Crippen LogP contribution in [0.3, 0.4) is 0 Å². The molecule has 6 nitrogen and oxygen atoms in total. The number of benzene rings is 2. The molecule has 0 aliphatic carbocycles. The number of aliphatic hydroxyl groups is 1. The number of rotatable bonds is 8. The van der Waals surface area contributed by atoms with Crippen molar-refractivity contribution in [3.05, 3.63) is 70.4 Å². The Morgan fingerprint density at radius 1 is 1.09 bits per heavy atom. The summed E-state index contributed by atoms with van der Waals surface area (Å²) in [5.41, 5.74) is 4.15. The Balaban J connectivity index is 1.89. The number of aliphatic hydroxyl groups excluding tert-OH is 1. The molecule has 4 rings (SSSR count). The van der Waals surface area contributed by atoms with Crippen LogP contribution in [0.2, 0.25) is 0 Å². The fraction of sp³-hybridized carbons (Fsp3) is 0.357. The van der Waals surface area contributed by atoms with Crippen molar-refractivity contribution in [1.82, 2.24) is 9.88 Å². The molecule has 1 fully saturated rings. The molecule has 0 spiro atoms. The summed E-state index contributed by atoms with van der Waals surface area (Å²) >= 11 is 0. The van der Waals surface area contributed by atoms with Gasteiger partial charge in [0.25, 0.3) is 11.7 Å². The molecule has 1 amide bonds. The number of hydrogen-bond acceptors (Lipinski definition) is 4. The molecule has 1 aliphatic heterocycles. The number of ketones is 1. The van der Waals surface area contributed by atoms with Crippen molar-refractivity contribution in [3.63, 3.8) is 0 Å². The molecular formula is C28H32N2O4. The van der Waals surface area contributed by atoms with Crippen molar-refractivity contribution in [2.75, 3.05) is 13.2 Å². The molecule has 0 bridgehead atoms. The highest BCUT2D eigenvalue weighted by atomic mass is 16.5. The summed E-state index contributed by atoms with van der Waals surface area (Å²) in [6.45, 7) is 8.99. The first-order chi connectivity index (χ1) is 16.4. The van der Waals surface area contributed by atoms with Crippen LogP contribution in [0.5, 0.6) is 5.75 Å². The molecule has 1 unspecified atom stereocenters. The van der Waals surface area contributed by atoms with E-state index in [1.807, 2.05) is 52.0 Å². The predicted molar refractivity (Wildman–Crippen MR) is 134 cm³/mol. The van der Waals surface area contributed by atoms with E-state index in [4.69, 9.17) is 4.74 Å². The van der Waals surface area contributed by atoms with Gasteiger partial charge >= 0.3 is 0 Å². The lowest BCUT2D eigenvalue weighted by atomic mass is 9.93. The first-order valence-electron chi connectivity index (χ1n) is 12.0. The van der Waals surface area contributed by atoms with Crippen molar-refractivity contribution in [2.24, 2.45) is 0 Å². The number of unbranched alkanes of at least 4 members (excludes halogenated alkanes) is 1. The number of Topliss-reactive ketones (excluding diaryl/α,β-unsaturated/α-hetero) is 1. The van der Waals surface area contributed by atoms with Crippen molar-refractivity contribution in [2.45, 2.75) is 53.0 Å². The number of aromatic nitrogens is 1. The number of carbonyl (C=O) groups is 2. The van der Waals surface area contributed by atoms with E-state index in [-0.39, 0.29) is 11.3 Å². The smallest absolute Gasteiger partial charge is 0.295 e. The van der Waals surface area contributed by atoms with E-state index in [9.17, 15) is 14.7 Å². The molecule has 1 aromatic heterocycles. The lowest BCUT2D eigenvalue weighted by Crippen LogP contribution is -2.30. The Bertz CT molecular complexity index is 1270. The van der Waals surface area contributed by atoms with Gasteiger partial charge in [-0.05, 0) is 56.5 Å². The number of H-pyrrole nitrogens is 1. The summed E-state index contributed by atoms with van der Waals surface area (Å²) in [5.74, 6) is -0.625. The van der Waals surface area contributed by atoms with Crippen LogP contribution in [-0.4, -0.2) is 39.8 Å². The van der Waals surface area contributed by atoms with Crippen molar-refractivity contribution < 1.29 is 19.4 Å². The number of nitrogens with one attached hydrogen (secondary N) is 1. The Morgan fingerprint density at radius 2 is 1.85 bits per heavy atom. The van der Waals surface area contributed by atoms with Crippen LogP contribution < -0.4 is 4.74 Å². The maximum Gasteiger partial charge on any atom is 0.295 e. The van der Waals surface area contributed by atoms with Gasteiger partial charge in [-0.1, -0.05) is 38.5 Å². The highest BCUT2D eigenvalue weighted by Crippen LogP contribution is 2.43. The number of nitrogens with zero attached hydrogens (tertiary/aromatic N) is 1. The quantitative estimate of drug-likeness (QED) is 0.253. The van der Waals surface area contributed by atoms with E-state index in [1.165, 1.54) is 0 Å². The number of aromatic amines is 1. The molecular weight excluding hydrogens is 428 g/mol. The molecule has 34 heavy (non-hydrogen) atoms. The Hall–Kier alpha value is -3.54. The number of para-hydroxylation sites is 1. The number of carbonyl (C=O) groups excluding carboxylic acids is 2. The number of fused-ring (bicyclic) bond motifs is 1. The molecule has 1 atom stereocenters. The van der Waals surface area contributed by atoms with Gasteiger partial charge in [0.1, 0.15) is 11.5 Å². The minimum absolute atomic E-state index is 0.135. The third kappa shape index (κ3) is 4.09. The molecule has 1 aliphatic rings. The maximum atomic E-state index is 13.3. The topological polar surface area (TPSA) is 82.6 Å². The standard InChI is InChI=1S/C28H32N2O4/c1-5-7-14-30-25(23-18(4)29-21-11-9-8-10-20(21)23)24(27(32)28(30)33)26(31)19-12-13-22(17(3)16-19)34-15-6-2/h8-13,16,25,29,31H,5-7,14-15H2,1-4H3/b26-24+. The fourth-order valence-electron chi connectivity index (χ4n) is 4.72. The lowest BCUT2D eigenvalue weighted by Gasteiger charge is -2.25.